The number of nitrogens with zero attached hydrogens (tertiary/aromatic N) is 2. The third kappa shape index (κ3) is 7.17. The van der Waals surface area contributed by atoms with Gasteiger partial charge in [0.25, 0.3) is 10.0 Å². The van der Waals surface area contributed by atoms with Crippen molar-refractivity contribution < 1.29 is 18.0 Å². The van der Waals surface area contributed by atoms with Gasteiger partial charge in [0.1, 0.15) is 12.6 Å². The molecular weight excluding hydrogens is 534 g/mol. The van der Waals surface area contributed by atoms with E-state index in [-0.39, 0.29) is 23.4 Å². The summed E-state index contributed by atoms with van der Waals surface area (Å²) in [6, 6.07) is 19.2. The first-order valence-corrected chi connectivity index (χ1v) is 15.7. The van der Waals surface area contributed by atoms with E-state index in [9.17, 15) is 18.0 Å². The number of rotatable bonds is 10. The van der Waals surface area contributed by atoms with E-state index in [2.05, 4.69) is 5.32 Å². The van der Waals surface area contributed by atoms with E-state index in [4.69, 9.17) is 0 Å². The highest BCUT2D eigenvalue weighted by atomic mass is 32.2. The Kier molecular flexibility index (Phi) is 9.53. The van der Waals surface area contributed by atoms with E-state index < -0.39 is 28.5 Å². The second-order valence-corrected chi connectivity index (χ2v) is 13.1. The summed E-state index contributed by atoms with van der Waals surface area (Å²) in [6.45, 7) is 9.05. The smallest absolute Gasteiger partial charge is 0.264 e. The van der Waals surface area contributed by atoms with Gasteiger partial charge in [-0.1, -0.05) is 66.9 Å². The van der Waals surface area contributed by atoms with Gasteiger partial charge in [-0.3, -0.25) is 13.9 Å². The van der Waals surface area contributed by atoms with Gasteiger partial charge in [-0.25, -0.2) is 8.42 Å². The number of carbonyl (C=O) groups is 2. The summed E-state index contributed by atoms with van der Waals surface area (Å²) in [5, 5.41) is 3.11. The highest BCUT2D eigenvalue weighted by Gasteiger charge is 2.34. The molecule has 0 aliphatic heterocycles. The molecule has 0 unspecified atom stereocenters. The van der Waals surface area contributed by atoms with E-state index in [1.165, 1.54) is 9.21 Å². The molecule has 7 nitrogen and oxygen atoms in total. The number of aryl methyl sites for hydroxylation is 4. The molecule has 0 aromatic heterocycles. The molecule has 41 heavy (non-hydrogen) atoms. The maximum atomic E-state index is 14.2. The lowest BCUT2D eigenvalue weighted by atomic mass is 10.1. The highest BCUT2D eigenvalue weighted by Crippen LogP contribution is 2.29. The lowest BCUT2D eigenvalue weighted by Crippen LogP contribution is -2.52. The quantitative estimate of drug-likeness (QED) is 0.341. The van der Waals surface area contributed by atoms with Crippen LogP contribution in [0, 0.1) is 27.7 Å². The second kappa shape index (κ2) is 12.9. The first-order chi connectivity index (χ1) is 19.5. The summed E-state index contributed by atoms with van der Waals surface area (Å²) in [4.78, 5) is 29.2. The normalized spacial score (nSPS) is 14.5. The maximum Gasteiger partial charge on any atom is 0.264 e. The highest BCUT2D eigenvalue weighted by molar-refractivity contribution is 7.92. The summed E-state index contributed by atoms with van der Waals surface area (Å²) < 4.78 is 29.4. The minimum Gasteiger partial charge on any atom is -0.352 e. The van der Waals surface area contributed by atoms with Crippen molar-refractivity contribution in [3.8, 4) is 0 Å². The predicted molar refractivity (Wildman–Crippen MR) is 163 cm³/mol. The Balaban J connectivity index is 1.73. The van der Waals surface area contributed by atoms with Crippen LogP contribution < -0.4 is 9.62 Å². The Hall–Kier alpha value is -3.65. The summed E-state index contributed by atoms with van der Waals surface area (Å²) >= 11 is 0. The van der Waals surface area contributed by atoms with E-state index in [1.54, 1.807) is 37.3 Å². The third-order valence-electron chi connectivity index (χ3n) is 7.99. The number of benzene rings is 3. The van der Waals surface area contributed by atoms with Crippen LogP contribution in [0.15, 0.2) is 71.6 Å². The van der Waals surface area contributed by atoms with Gasteiger partial charge in [0.15, 0.2) is 0 Å². The zero-order valence-electron chi connectivity index (χ0n) is 24.7. The number of sulfonamides is 1. The minimum absolute atomic E-state index is 0.105. The van der Waals surface area contributed by atoms with Crippen molar-refractivity contribution in [2.24, 2.45) is 0 Å². The Labute approximate surface area is 244 Å². The molecule has 4 rings (SSSR count). The zero-order valence-corrected chi connectivity index (χ0v) is 25.5. The molecule has 1 atom stereocenters. The molecule has 0 spiro atoms. The van der Waals surface area contributed by atoms with Crippen LogP contribution in [0.25, 0.3) is 0 Å². The minimum atomic E-state index is -4.10. The van der Waals surface area contributed by atoms with Gasteiger partial charge in [-0.2, -0.15) is 0 Å². The van der Waals surface area contributed by atoms with Crippen molar-refractivity contribution >= 4 is 27.5 Å². The van der Waals surface area contributed by atoms with Gasteiger partial charge >= 0.3 is 0 Å². The number of hydrogen-bond donors (Lipinski definition) is 1. The number of carbonyl (C=O) groups excluding carboxylic acids is 2. The molecule has 8 heteroatoms. The number of amides is 2. The molecule has 3 aromatic carbocycles. The Morgan fingerprint density at radius 3 is 2.17 bits per heavy atom. The van der Waals surface area contributed by atoms with Crippen molar-refractivity contribution in [2.75, 3.05) is 10.8 Å². The summed E-state index contributed by atoms with van der Waals surface area (Å²) in [7, 11) is -4.10. The summed E-state index contributed by atoms with van der Waals surface area (Å²) in [5.41, 5.74) is 4.89. The third-order valence-corrected chi connectivity index (χ3v) is 9.77. The van der Waals surface area contributed by atoms with Crippen molar-refractivity contribution in [1.82, 2.24) is 10.2 Å². The number of anilines is 1. The van der Waals surface area contributed by atoms with Crippen LogP contribution in [-0.4, -0.2) is 43.8 Å². The van der Waals surface area contributed by atoms with Crippen molar-refractivity contribution in [3.05, 3.63) is 94.5 Å². The summed E-state index contributed by atoms with van der Waals surface area (Å²) in [6.07, 6.45) is 4.01. The molecule has 1 N–H and O–H groups in total. The van der Waals surface area contributed by atoms with Crippen LogP contribution in [0.5, 0.6) is 0 Å². The van der Waals surface area contributed by atoms with Crippen LogP contribution >= 0.6 is 0 Å². The van der Waals surface area contributed by atoms with Crippen LogP contribution in [0.4, 0.5) is 5.69 Å². The largest absolute Gasteiger partial charge is 0.352 e. The average Bonchev–Trinajstić information content (AvgIpc) is 3.45. The van der Waals surface area contributed by atoms with Crippen LogP contribution in [-0.2, 0) is 26.2 Å². The Morgan fingerprint density at radius 2 is 1.51 bits per heavy atom. The number of hydrogen-bond acceptors (Lipinski definition) is 4. The standard InChI is InChI=1S/C33H41N3O4S/c1-23-15-18-30(19-16-23)41(39,40)36(31-20-24(2)14-17-26(31)4)22-32(37)35(21-28-11-7-6-10-25(28)3)27(5)33(38)34-29-12-8-9-13-29/h6-7,10-11,14-20,27,29H,8-9,12-13,21-22H2,1-5H3,(H,34,38)/t27-/m0/s1. The van der Waals surface area contributed by atoms with E-state index >= 15 is 0 Å². The topological polar surface area (TPSA) is 86.8 Å². The predicted octanol–water partition coefficient (Wildman–Crippen LogP) is 5.59. The fourth-order valence-electron chi connectivity index (χ4n) is 5.28. The van der Waals surface area contributed by atoms with Gasteiger partial charge in [-0.05, 0) is 87.9 Å². The molecule has 218 valence electrons. The molecule has 0 heterocycles. The van der Waals surface area contributed by atoms with Gasteiger partial charge < -0.3 is 10.2 Å². The van der Waals surface area contributed by atoms with Crippen LogP contribution in [0.3, 0.4) is 0 Å². The van der Waals surface area contributed by atoms with Crippen LogP contribution in [0.1, 0.15) is 60.4 Å². The first kappa shape index (κ1) is 30.3. The SMILES string of the molecule is Cc1ccc(S(=O)(=O)N(CC(=O)N(Cc2ccccc2C)[C@@H](C)C(=O)NC2CCCC2)c2cc(C)ccc2C)cc1. The van der Waals surface area contributed by atoms with Crippen molar-refractivity contribution in [1.29, 1.82) is 0 Å². The molecule has 0 radical (unpaired) electrons. The molecule has 3 aromatic rings. The molecule has 1 aliphatic rings. The fourth-order valence-corrected chi connectivity index (χ4v) is 6.76. The van der Waals surface area contributed by atoms with Gasteiger partial charge in [0.2, 0.25) is 11.8 Å². The molecule has 2 amide bonds. The zero-order chi connectivity index (χ0) is 29.7. The van der Waals surface area contributed by atoms with Crippen molar-refractivity contribution in [2.45, 2.75) is 83.8 Å². The lowest BCUT2D eigenvalue weighted by molar-refractivity contribution is -0.139. The monoisotopic (exact) mass is 575 g/mol. The second-order valence-electron chi connectivity index (χ2n) is 11.2. The van der Waals surface area contributed by atoms with Gasteiger partial charge in [0.05, 0.1) is 10.6 Å². The lowest BCUT2D eigenvalue weighted by Gasteiger charge is -2.33. The Morgan fingerprint density at radius 1 is 0.878 bits per heavy atom. The number of nitrogens with one attached hydrogen (secondary N) is 1. The molecule has 0 bridgehead atoms. The van der Waals surface area contributed by atoms with E-state index in [0.717, 1.165) is 53.5 Å². The van der Waals surface area contributed by atoms with Gasteiger partial charge in [-0.15, -0.1) is 0 Å². The average molecular weight is 576 g/mol. The van der Waals surface area contributed by atoms with E-state index in [0.29, 0.717) is 5.69 Å². The molecular formula is C33H41N3O4S. The Bertz CT molecular complexity index is 1500. The van der Waals surface area contributed by atoms with Crippen molar-refractivity contribution in [3.63, 3.8) is 0 Å². The van der Waals surface area contributed by atoms with Gasteiger partial charge in [0, 0.05) is 12.6 Å². The molecule has 1 fully saturated rings. The molecule has 1 aliphatic carbocycles. The van der Waals surface area contributed by atoms with E-state index in [1.807, 2.05) is 64.1 Å². The molecule has 1 saturated carbocycles. The molecule has 0 saturated heterocycles. The fraction of sp³-hybridized carbons (Fsp3) is 0.394. The summed E-state index contributed by atoms with van der Waals surface area (Å²) in [5.74, 6) is -0.669. The first-order valence-electron chi connectivity index (χ1n) is 14.3. The maximum absolute atomic E-state index is 14.2. The van der Waals surface area contributed by atoms with Crippen LogP contribution in [0.2, 0.25) is 0 Å².